The Labute approximate surface area is 286 Å². The van der Waals surface area contributed by atoms with Gasteiger partial charge in [0.2, 0.25) is 0 Å². The van der Waals surface area contributed by atoms with Gasteiger partial charge in [-0.1, -0.05) is 172 Å². The molecule has 0 aromatic heterocycles. The quantitative estimate of drug-likeness (QED) is 0.136. The van der Waals surface area contributed by atoms with E-state index in [1.807, 2.05) is 0 Å². The molecule has 230 valence electrons. The highest BCUT2D eigenvalue weighted by atomic mass is 14.4. The van der Waals surface area contributed by atoms with Crippen LogP contribution in [0.3, 0.4) is 0 Å². The van der Waals surface area contributed by atoms with Crippen molar-refractivity contribution in [3.8, 4) is 44.5 Å². The van der Waals surface area contributed by atoms with E-state index in [-0.39, 0.29) is 5.41 Å². The van der Waals surface area contributed by atoms with Crippen molar-refractivity contribution in [1.29, 1.82) is 0 Å². The van der Waals surface area contributed by atoms with Gasteiger partial charge in [0.1, 0.15) is 0 Å². The van der Waals surface area contributed by atoms with Crippen LogP contribution < -0.4 is 0 Å². The Balaban J connectivity index is 1.27. The van der Waals surface area contributed by atoms with Crippen LogP contribution in [-0.4, -0.2) is 0 Å². The van der Waals surface area contributed by atoms with Crippen LogP contribution in [-0.2, 0) is 5.41 Å². The second-order valence-electron chi connectivity index (χ2n) is 14.0. The summed E-state index contributed by atoms with van der Waals surface area (Å²) in [5, 5.41) is 10.5. The van der Waals surface area contributed by atoms with Gasteiger partial charge < -0.3 is 0 Å². The number of fused-ring (bicyclic) bond motifs is 10. The van der Waals surface area contributed by atoms with Crippen LogP contribution in [0.1, 0.15) is 25.0 Å². The fourth-order valence-electron chi connectivity index (χ4n) is 8.87. The molecular weight excluding hydrogens is 589 g/mol. The molecule has 10 rings (SSSR count). The summed E-state index contributed by atoms with van der Waals surface area (Å²) in [4.78, 5) is 0. The zero-order valence-corrected chi connectivity index (χ0v) is 27.7. The minimum absolute atomic E-state index is 0.111. The average Bonchev–Trinajstić information content (AvgIpc) is 3.40. The Bertz CT molecular complexity index is 2770. The van der Waals surface area contributed by atoms with Gasteiger partial charge >= 0.3 is 0 Å². The average molecular weight is 623 g/mol. The highest BCUT2D eigenvalue weighted by Crippen LogP contribution is 2.55. The number of rotatable bonds is 3. The Morgan fingerprint density at radius 3 is 1.35 bits per heavy atom. The van der Waals surface area contributed by atoms with Crippen LogP contribution in [0.25, 0.3) is 87.6 Å². The molecule has 0 nitrogen and oxygen atoms in total. The molecule has 0 heterocycles. The molecule has 0 atom stereocenters. The molecular formula is C49H34. The molecule has 9 aromatic rings. The van der Waals surface area contributed by atoms with Gasteiger partial charge in [0, 0.05) is 5.41 Å². The lowest BCUT2D eigenvalue weighted by Gasteiger charge is -2.24. The fraction of sp³-hybridized carbons (Fsp3) is 0.0612. The van der Waals surface area contributed by atoms with Gasteiger partial charge in [-0.25, -0.2) is 0 Å². The molecule has 49 heavy (non-hydrogen) atoms. The van der Waals surface area contributed by atoms with E-state index in [0.29, 0.717) is 0 Å². The summed E-state index contributed by atoms with van der Waals surface area (Å²) in [5.74, 6) is 0. The summed E-state index contributed by atoms with van der Waals surface area (Å²) < 4.78 is 0. The topological polar surface area (TPSA) is 0 Å². The third kappa shape index (κ3) is 4.04. The lowest BCUT2D eigenvalue weighted by molar-refractivity contribution is 0.666. The van der Waals surface area contributed by atoms with E-state index in [2.05, 4.69) is 184 Å². The van der Waals surface area contributed by atoms with E-state index >= 15 is 0 Å². The third-order valence-corrected chi connectivity index (χ3v) is 11.0. The number of hydrogen-bond donors (Lipinski definition) is 0. The molecule has 0 fully saturated rings. The van der Waals surface area contributed by atoms with Gasteiger partial charge in [-0.2, -0.15) is 0 Å². The summed E-state index contributed by atoms with van der Waals surface area (Å²) in [6.45, 7) is 4.80. The largest absolute Gasteiger partial charge is 0.0622 e. The standard InChI is InChI=1S/C49H34/c1-49(2)44-28-26-34(30-43(44)47-37-21-11-9-19-35(37)36-20-10-14-24-41(36)48(47)49)33-25-27-40-42(29-33)46(32-17-7-4-8-18-32)39-23-13-12-22-38(39)45(40)31-15-5-3-6-16-31/h3-30H,1-2H3. The van der Waals surface area contributed by atoms with E-state index < -0.39 is 0 Å². The first-order valence-corrected chi connectivity index (χ1v) is 17.3. The highest BCUT2D eigenvalue weighted by Gasteiger charge is 2.38. The van der Waals surface area contributed by atoms with E-state index in [1.165, 1.54) is 98.7 Å². The molecule has 1 aliphatic rings. The first-order valence-electron chi connectivity index (χ1n) is 17.3. The fourth-order valence-corrected chi connectivity index (χ4v) is 8.87. The Morgan fingerprint density at radius 2 is 0.735 bits per heavy atom. The smallest absolute Gasteiger partial charge is 0.0165 e. The second kappa shape index (κ2) is 10.5. The monoisotopic (exact) mass is 622 g/mol. The lowest BCUT2D eigenvalue weighted by Crippen LogP contribution is -2.15. The molecule has 0 aliphatic heterocycles. The normalized spacial score (nSPS) is 13.3. The molecule has 0 saturated carbocycles. The predicted molar refractivity (Wildman–Crippen MR) is 210 cm³/mol. The van der Waals surface area contributed by atoms with Crippen LogP contribution >= 0.6 is 0 Å². The van der Waals surface area contributed by atoms with Crippen molar-refractivity contribution in [2.45, 2.75) is 19.3 Å². The van der Waals surface area contributed by atoms with E-state index in [9.17, 15) is 0 Å². The van der Waals surface area contributed by atoms with Gasteiger partial charge in [0.25, 0.3) is 0 Å². The first kappa shape index (κ1) is 28.1. The minimum atomic E-state index is -0.111. The van der Waals surface area contributed by atoms with E-state index in [4.69, 9.17) is 0 Å². The zero-order chi connectivity index (χ0) is 32.7. The molecule has 0 spiro atoms. The summed E-state index contributed by atoms with van der Waals surface area (Å²) in [5.41, 5.74) is 13.0. The van der Waals surface area contributed by atoms with Crippen molar-refractivity contribution in [2.75, 3.05) is 0 Å². The van der Waals surface area contributed by atoms with Crippen molar-refractivity contribution in [1.82, 2.24) is 0 Å². The van der Waals surface area contributed by atoms with Crippen LogP contribution in [0.15, 0.2) is 170 Å². The van der Waals surface area contributed by atoms with Crippen LogP contribution in [0.5, 0.6) is 0 Å². The van der Waals surface area contributed by atoms with E-state index in [0.717, 1.165) is 0 Å². The molecule has 0 N–H and O–H groups in total. The summed E-state index contributed by atoms with van der Waals surface area (Å²) >= 11 is 0. The van der Waals surface area contributed by atoms with Crippen molar-refractivity contribution in [2.24, 2.45) is 0 Å². The molecule has 0 saturated heterocycles. The van der Waals surface area contributed by atoms with Crippen molar-refractivity contribution in [3.63, 3.8) is 0 Å². The van der Waals surface area contributed by atoms with Crippen LogP contribution in [0, 0.1) is 0 Å². The maximum absolute atomic E-state index is 2.46. The maximum Gasteiger partial charge on any atom is 0.0165 e. The maximum atomic E-state index is 2.46. The van der Waals surface area contributed by atoms with Gasteiger partial charge in [0.15, 0.2) is 0 Å². The summed E-state index contributed by atoms with van der Waals surface area (Å²) in [7, 11) is 0. The number of benzene rings is 9. The SMILES string of the molecule is CC1(C)c2ccc(-c3ccc4c(-c5ccccc5)c5ccccc5c(-c5ccccc5)c4c3)cc2-c2c1c1ccccc1c1ccccc21. The van der Waals surface area contributed by atoms with Crippen LogP contribution in [0.2, 0.25) is 0 Å². The Kier molecular flexibility index (Phi) is 6.02. The number of hydrogen-bond acceptors (Lipinski definition) is 0. The molecule has 9 aromatic carbocycles. The molecule has 0 unspecified atom stereocenters. The highest BCUT2D eigenvalue weighted by molar-refractivity contribution is 6.22. The Hall–Kier alpha value is -5.98. The first-order chi connectivity index (χ1) is 24.1. The van der Waals surface area contributed by atoms with Gasteiger partial charge in [-0.3, -0.25) is 0 Å². The predicted octanol–water partition coefficient (Wildman–Crippen LogP) is 13.6. The third-order valence-electron chi connectivity index (χ3n) is 11.0. The van der Waals surface area contributed by atoms with Gasteiger partial charge in [-0.05, 0) is 111 Å². The molecule has 0 heteroatoms. The van der Waals surface area contributed by atoms with E-state index in [1.54, 1.807) is 0 Å². The van der Waals surface area contributed by atoms with Crippen molar-refractivity contribution in [3.05, 3.63) is 181 Å². The van der Waals surface area contributed by atoms with Crippen LogP contribution in [0.4, 0.5) is 0 Å². The molecule has 0 bridgehead atoms. The molecule has 0 radical (unpaired) electrons. The minimum Gasteiger partial charge on any atom is -0.0622 e. The second-order valence-corrected chi connectivity index (χ2v) is 14.0. The Morgan fingerprint density at radius 1 is 0.306 bits per heavy atom. The summed E-state index contributed by atoms with van der Waals surface area (Å²) in [6.07, 6.45) is 0. The zero-order valence-electron chi connectivity index (χ0n) is 27.7. The lowest BCUT2D eigenvalue weighted by atomic mass is 9.79. The molecule has 0 amide bonds. The van der Waals surface area contributed by atoms with Crippen molar-refractivity contribution < 1.29 is 0 Å². The van der Waals surface area contributed by atoms with Gasteiger partial charge in [0.05, 0.1) is 0 Å². The van der Waals surface area contributed by atoms with Gasteiger partial charge in [-0.15, -0.1) is 0 Å². The molecule has 1 aliphatic carbocycles. The van der Waals surface area contributed by atoms with Crippen molar-refractivity contribution >= 4 is 43.1 Å². The summed E-state index contributed by atoms with van der Waals surface area (Å²) in [6, 6.07) is 63.0.